The highest BCUT2D eigenvalue weighted by molar-refractivity contribution is 5.29. The molecule has 2 unspecified atom stereocenters. The van der Waals surface area contributed by atoms with E-state index in [4.69, 9.17) is 0 Å². The van der Waals surface area contributed by atoms with Gasteiger partial charge in [0, 0.05) is 18.4 Å². The van der Waals surface area contributed by atoms with Crippen LogP contribution >= 0.6 is 0 Å². The molecule has 4 N–H and O–H groups in total. The van der Waals surface area contributed by atoms with Gasteiger partial charge in [0.05, 0.1) is 18.3 Å². The Hall–Kier alpha value is -0.420. The van der Waals surface area contributed by atoms with Crippen LogP contribution in [0.1, 0.15) is 86.5 Å². The zero-order valence-corrected chi connectivity index (χ0v) is 22.4. The van der Waals surface area contributed by atoms with Crippen molar-refractivity contribution < 1.29 is 20.4 Å². The predicted octanol–water partition coefficient (Wildman–Crippen LogP) is 4.79. The molecule has 5 aliphatic carbocycles. The molecule has 5 aliphatic rings. The lowest BCUT2D eigenvalue weighted by Crippen LogP contribution is -2.60. The largest absolute Gasteiger partial charge is 0.396 e. The molecule has 4 saturated carbocycles. The van der Waals surface area contributed by atoms with Crippen LogP contribution in [-0.4, -0.2) is 45.3 Å². The Labute approximate surface area is 207 Å². The molecule has 4 heteroatoms. The third kappa shape index (κ3) is 3.37. The lowest BCUT2D eigenvalue weighted by atomic mass is 9.45. The van der Waals surface area contributed by atoms with Crippen molar-refractivity contribution in [3.63, 3.8) is 0 Å². The Bertz CT molecular complexity index is 823. The van der Waals surface area contributed by atoms with Gasteiger partial charge in [-0.3, -0.25) is 0 Å². The van der Waals surface area contributed by atoms with Gasteiger partial charge in [-0.15, -0.1) is 0 Å². The van der Waals surface area contributed by atoms with Crippen molar-refractivity contribution in [1.29, 1.82) is 0 Å². The molecule has 34 heavy (non-hydrogen) atoms. The number of allylic oxidation sites excluding steroid dienone is 1. The maximum absolute atomic E-state index is 11.7. The van der Waals surface area contributed by atoms with Gasteiger partial charge in [-0.05, 0) is 96.7 Å². The minimum Gasteiger partial charge on any atom is -0.396 e. The molecule has 0 amide bonds. The minimum absolute atomic E-state index is 0.0411. The number of aliphatic hydroxyl groups is 4. The number of hydrogen-bond acceptors (Lipinski definition) is 4. The number of fused-ring (bicyclic) bond motifs is 5. The molecule has 194 valence electrons. The second kappa shape index (κ2) is 8.30. The zero-order valence-electron chi connectivity index (χ0n) is 22.4. The molecule has 0 saturated heterocycles. The highest BCUT2D eigenvalue weighted by Gasteiger charge is 2.66. The molecule has 0 aromatic carbocycles. The first-order valence-corrected chi connectivity index (χ1v) is 14.2. The van der Waals surface area contributed by atoms with Gasteiger partial charge in [-0.2, -0.15) is 0 Å². The topological polar surface area (TPSA) is 80.9 Å². The van der Waals surface area contributed by atoms with E-state index in [1.54, 1.807) is 0 Å². The van der Waals surface area contributed by atoms with Gasteiger partial charge in [0.15, 0.2) is 0 Å². The minimum atomic E-state index is -0.596. The first-order chi connectivity index (χ1) is 15.9. The van der Waals surface area contributed by atoms with E-state index in [2.05, 4.69) is 47.6 Å². The van der Waals surface area contributed by atoms with Crippen molar-refractivity contribution in [3.8, 4) is 0 Å². The van der Waals surface area contributed by atoms with Crippen LogP contribution < -0.4 is 0 Å². The van der Waals surface area contributed by atoms with Crippen LogP contribution in [0.2, 0.25) is 0 Å². The zero-order chi connectivity index (χ0) is 24.8. The molecule has 0 radical (unpaired) electrons. The Morgan fingerprint density at radius 3 is 2.35 bits per heavy atom. The summed E-state index contributed by atoms with van der Waals surface area (Å²) in [5.74, 6) is 3.64. The summed E-state index contributed by atoms with van der Waals surface area (Å²) in [6.07, 6.45) is 7.13. The first kappa shape index (κ1) is 25.2. The summed E-state index contributed by atoms with van der Waals surface area (Å²) in [7, 11) is 0. The van der Waals surface area contributed by atoms with Gasteiger partial charge in [-0.25, -0.2) is 0 Å². The summed E-state index contributed by atoms with van der Waals surface area (Å²) in [6, 6.07) is 0. The fourth-order valence-corrected chi connectivity index (χ4v) is 10.4. The van der Waals surface area contributed by atoms with Crippen LogP contribution in [0.15, 0.2) is 11.6 Å². The molecular formula is C30H50O4. The summed E-state index contributed by atoms with van der Waals surface area (Å²) in [4.78, 5) is 0. The SMILES string of the molecule is CC(C)[C@@H](C)[C@@]1(C)C[C@@H]1[C@@H](CO)[C@H]1CCC2C3CC=C4C[C@@H](O)C[C@@H](O)[C@]4(C)[C@H]3[C@H](O)C[C@@]21C. The van der Waals surface area contributed by atoms with E-state index >= 15 is 0 Å². The number of aliphatic hydroxyl groups excluding tert-OH is 4. The van der Waals surface area contributed by atoms with Crippen LogP contribution in [0.25, 0.3) is 0 Å². The van der Waals surface area contributed by atoms with Crippen molar-refractivity contribution in [2.45, 2.75) is 105 Å². The molecule has 0 aliphatic heterocycles. The van der Waals surface area contributed by atoms with Gasteiger partial charge < -0.3 is 20.4 Å². The number of hydrogen-bond donors (Lipinski definition) is 4. The van der Waals surface area contributed by atoms with E-state index in [0.29, 0.717) is 59.7 Å². The molecule has 13 atom stereocenters. The second-order valence-corrected chi connectivity index (χ2v) is 14.3. The van der Waals surface area contributed by atoms with Crippen molar-refractivity contribution in [3.05, 3.63) is 11.6 Å². The highest BCUT2D eigenvalue weighted by atomic mass is 16.3. The molecule has 0 bridgehead atoms. The molecule has 0 spiro atoms. The van der Waals surface area contributed by atoms with E-state index in [0.717, 1.165) is 19.3 Å². The summed E-state index contributed by atoms with van der Waals surface area (Å²) in [5.41, 5.74) is 1.11. The molecular weight excluding hydrogens is 424 g/mol. The first-order valence-electron chi connectivity index (χ1n) is 14.2. The van der Waals surface area contributed by atoms with Crippen LogP contribution in [-0.2, 0) is 0 Å². The van der Waals surface area contributed by atoms with Gasteiger partial charge in [-0.1, -0.05) is 53.2 Å². The maximum Gasteiger partial charge on any atom is 0.0659 e. The smallest absolute Gasteiger partial charge is 0.0659 e. The molecule has 4 fully saturated rings. The molecule has 0 heterocycles. The van der Waals surface area contributed by atoms with E-state index in [1.807, 2.05) is 0 Å². The van der Waals surface area contributed by atoms with Crippen LogP contribution in [0, 0.1) is 63.6 Å². The van der Waals surface area contributed by atoms with Crippen LogP contribution in [0.3, 0.4) is 0 Å². The van der Waals surface area contributed by atoms with E-state index in [9.17, 15) is 20.4 Å². The predicted molar refractivity (Wildman–Crippen MR) is 135 cm³/mol. The van der Waals surface area contributed by atoms with Crippen molar-refractivity contribution >= 4 is 0 Å². The maximum atomic E-state index is 11.7. The summed E-state index contributed by atoms with van der Waals surface area (Å²) in [6.45, 7) is 14.3. The Morgan fingerprint density at radius 2 is 1.71 bits per heavy atom. The molecule has 4 nitrogen and oxygen atoms in total. The quantitative estimate of drug-likeness (QED) is 0.432. The Balaban J connectivity index is 1.43. The summed E-state index contributed by atoms with van der Waals surface area (Å²) in [5, 5.41) is 43.9. The Morgan fingerprint density at radius 1 is 1.00 bits per heavy atom. The standard InChI is InChI=1S/C30H50O4/c1-16(2)17(3)28(4)13-24(28)21(15-31)23-10-9-22-20-8-7-18-11-19(32)12-26(34)30(18,6)27(20)25(33)14-29(22,23)5/h7,16-17,19-27,31-34H,8-15H2,1-6H3/t17-,19-,20?,21+,22?,23-,24-,25-,26-,27-,28-,29+,30-/m1/s1. The van der Waals surface area contributed by atoms with E-state index < -0.39 is 23.7 Å². The molecule has 0 aromatic heterocycles. The lowest BCUT2D eigenvalue weighted by molar-refractivity contribution is -0.161. The summed E-state index contributed by atoms with van der Waals surface area (Å²) < 4.78 is 0. The average molecular weight is 475 g/mol. The molecule has 5 rings (SSSR count). The van der Waals surface area contributed by atoms with Crippen LogP contribution in [0.4, 0.5) is 0 Å². The summed E-state index contributed by atoms with van der Waals surface area (Å²) >= 11 is 0. The monoisotopic (exact) mass is 474 g/mol. The Kier molecular flexibility index (Phi) is 6.16. The lowest BCUT2D eigenvalue weighted by Gasteiger charge is -2.61. The second-order valence-electron chi connectivity index (χ2n) is 14.3. The van der Waals surface area contributed by atoms with Crippen molar-refractivity contribution in [1.82, 2.24) is 0 Å². The molecule has 0 aromatic rings. The van der Waals surface area contributed by atoms with E-state index in [-0.39, 0.29) is 17.9 Å². The van der Waals surface area contributed by atoms with Gasteiger partial charge in [0.25, 0.3) is 0 Å². The van der Waals surface area contributed by atoms with Crippen molar-refractivity contribution in [2.75, 3.05) is 6.61 Å². The fraction of sp³-hybridized carbons (Fsp3) is 0.933. The number of rotatable bonds is 5. The average Bonchev–Trinajstić information content (AvgIpc) is 3.32. The normalized spacial score (nSPS) is 54.0. The third-order valence-corrected chi connectivity index (χ3v) is 12.8. The van der Waals surface area contributed by atoms with Crippen molar-refractivity contribution in [2.24, 2.45) is 63.6 Å². The van der Waals surface area contributed by atoms with E-state index in [1.165, 1.54) is 18.4 Å². The van der Waals surface area contributed by atoms with Gasteiger partial charge >= 0.3 is 0 Å². The third-order valence-electron chi connectivity index (χ3n) is 12.8. The fourth-order valence-electron chi connectivity index (χ4n) is 10.4. The van der Waals surface area contributed by atoms with Gasteiger partial charge in [0.2, 0.25) is 0 Å². The van der Waals surface area contributed by atoms with Gasteiger partial charge in [0.1, 0.15) is 0 Å². The highest BCUT2D eigenvalue weighted by Crippen LogP contribution is 2.71. The van der Waals surface area contributed by atoms with Crippen LogP contribution in [0.5, 0.6) is 0 Å².